The summed E-state index contributed by atoms with van der Waals surface area (Å²) in [5, 5.41) is 11.3. The maximum absolute atomic E-state index is 9.24. The second-order valence-electron chi connectivity index (χ2n) is 4.89. The molecule has 0 saturated carbocycles. The van der Waals surface area contributed by atoms with E-state index in [4.69, 9.17) is 4.42 Å². The Kier molecular flexibility index (Phi) is 4.95. The predicted octanol–water partition coefficient (Wildman–Crippen LogP) is 2.79. The number of aliphatic hydroxyl groups excluding tert-OH is 1. The Bertz CT molecular complexity index is 683. The first kappa shape index (κ1) is 14.9. The molecule has 0 radical (unpaired) electrons. The van der Waals surface area contributed by atoms with Crippen LogP contribution in [-0.2, 0) is 13.1 Å². The summed E-state index contributed by atoms with van der Waals surface area (Å²) in [4.78, 5) is 11.6. The van der Waals surface area contributed by atoms with Gasteiger partial charge in [0.2, 0.25) is 5.89 Å². The van der Waals surface area contributed by atoms with E-state index in [2.05, 4.69) is 14.9 Å². The van der Waals surface area contributed by atoms with E-state index in [9.17, 15) is 5.11 Å². The number of rotatable bonds is 7. The molecule has 3 heterocycles. The summed E-state index contributed by atoms with van der Waals surface area (Å²) < 4.78 is 5.80. The highest BCUT2D eigenvalue weighted by atomic mass is 32.1. The lowest BCUT2D eigenvalue weighted by Crippen LogP contribution is -2.26. The lowest BCUT2D eigenvalue weighted by Gasteiger charge is -2.19. The molecule has 0 aromatic carbocycles. The quantitative estimate of drug-likeness (QED) is 0.726. The maximum atomic E-state index is 9.24. The number of hydrogen-bond donors (Lipinski definition) is 1. The third-order valence-electron chi connectivity index (χ3n) is 3.22. The van der Waals surface area contributed by atoms with Gasteiger partial charge in [-0.2, -0.15) is 0 Å². The van der Waals surface area contributed by atoms with Crippen molar-refractivity contribution in [2.24, 2.45) is 0 Å². The average molecular weight is 315 g/mol. The molecule has 3 rings (SSSR count). The number of pyridine rings is 1. The first-order valence-electron chi connectivity index (χ1n) is 7.06. The molecule has 0 spiro atoms. The number of oxazole rings is 1. The van der Waals surface area contributed by atoms with Crippen LogP contribution in [0.1, 0.15) is 11.5 Å². The fraction of sp³-hybridized carbons (Fsp3) is 0.250. The minimum Gasteiger partial charge on any atom is -0.438 e. The van der Waals surface area contributed by atoms with Crippen LogP contribution in [0.15, 0.2) is 52.7 Å². The summed E-state index contributed by atoms with van der Waals surface area (Å²) in [5.41, 5.74) is 1.10. The van der Waals surface area contributed by atoms with E-state index in [1.807, 2.05) is 35.8 Å². The van der Waals surface area contributed by atoms with Gasteiger partial charge >= 0.3 is 0 Å². The third-order valence-corrected chi connectivity index (χ3v) is 4.11. The van der Waals surface area contributed by atoms with Crippen LogP contribution in [0, 0.1) is 0 Å². The zero-order chi connectivity index (χ0) is 15.2. The molecule has 0 unspecified atom stereocenters. The first-order valence-corrected chi connectivity index (χ1v) is 7.94. The second kappa shape index (κ2) is 7.31. The first-order chi connectivity index (χ1) is 10.8. The van der Waals surface area contributed by atoms with Crippen molar-refractivity contribution >= 4 is 11.3 Å². The molecule has 5 nitrogen and oxygen atoms in total. The Morgan fingerprint density at radius 1 is 1.18 bits per heavy atom. The van der Waals surface area contributed by atoms with E-state index in [1.54, 1.807) is 23.7 Å². The Labute approximate surface area is 132 Å². The highest BCUT2D eigenvalue weighted by Gasteiger charge is 2.12. The van der Waals surface area contributed by atoms with E-state index in [-0.39, 0.29) is 6.61 Å². The zero-order valence-electron chi connectivity index (χ0n) is 12.1. The number of aliphatic hydroxyl groups is 1. The number of nitrogens with zero attached hydrogens (tertiary/aromatic N) is 3. The molecule has 0 aliphatic heterocycles. The van der Waals surface area contributed by atoms with Gasteiger partial charge in [0, 0.05) is 25.5 Å². The van der Waals surface area contributed by atoms with Crippen molar-refractivity contribution in [2.75, 3.05) is 13.2 Å². The Hall–Kier alpha value is -2.02. The summed E-state index contributed by atoms with van der Waals surface area (Å²) >= 11 is 1.63. The second-order valence-corrected chi connectivity index (χ2v) is 5.84. The van der Waals surface area contributed by atoms with Crippen molar-refractivity contribution in [1.82, 2.24) is 14.9 Å². The molecule has 0 aliphatic rings. The van der Waals surface area contributed by atoms with Crippen molar-refractivity contribution in [2.45, 2.75) is 13.1 Å². The fourth-order valence-corrected chi connectivity index (χ4v) is 2.88. The molecule has 0 fully saturated rings. The highest BCUT2D eigenvalue weighted by molar-refractivity contribution is 7.13. The van der Waals surface area contributed by atoms with E-state index in [0.717, 1.165) is 16.2 Å². The van der Waals surface area contributed by atoms with Crippen LogP contribution < -0.4 is 0 Å². The third kappa shape index (κ3) is 3.79. The Balaban J connectivity index is 1.68. The molecule has 22 heavy (non-hydrogen) atoms. The van der Waals surface area contributed by atoms with E-state index in [1.165, 1.54) is 0 Å². The smallest absolute Gasteiger partial charge is 0.209 e. The monoisotopic (exact) mass is 315 g/mol. The van der Waals surface area contributed by atoms with Crippen molar-refractivity contribution in [3.63, 3.8) is 0 Å². The van der Waals surface area contributed by atoms with Crippen LogP contribution in [0.5, 0.6) is 0 Å². The van der Waals surface area contributed by atoms with Gasteiger partial charge < -0.3 is 9.52 Å². The Morgan fingerprint density at radius 3 is 2.86 bits per heavy atom. The minimum absolute atomic E-state index is 0.0960. The van der Waals surface area contributed by atoms with Crippen LogP contribution in [0.4, 0.5) is 0 Å². The normalized spacial score (nSPS) is 11.2. The Morgan fingerprint density at radius 2 is 2.14 bits per heavy atom. The van der Waals surface area contributed by atoms with Gasteiger partial charge in [-0.3, -0.25) is 9.88 Å². The van der Waals surface area contributed by atoms with Gasteiger partial charge in [-0.15, -0.1) is 11.3 Å². The van der Waals surface area contributed by atoms with Crippen LogP contribution in [-0.4, -0.2) is 33.1 Å². The molecule has 0 atom stereocenters. The molecular formula is C16H17N3O2S. The van der Waals surface area contributed by atoms with E-state index >= 15 is 0 Å². The lowest BCUT2D eigenvalue weighted by molar-refractivity contribution is 0.172. The largest absolute Gasteiger partial charge is 0.438 e. The van der Waals surface area contributed by atoms with E-state index < -0.39 is 0 Å². The zero-order valence-corrected chi connectivity index (χ0v) is 12.9. The number of thiophene rings is 1. The molecule has 114 valence electrons. The minimum atomic E-state index is 0.0960. The van der Waals surface area contributed by atoms with Gasteiger partial charge in [-0.05, 0) is 23.1 Å². The number of hydrogen-bond acceptors (Lipinski definition) is 6. The van der Waals surface area contributed by atoms with Gasteiger partial charge in [0.1, 0.15) is 0 Å². The molecule has 1 N–H and O–H groups in total. The van der Waals surface area contributed by atoms with Gasteiger partial charge in [0.05, 0.1) is 24.2 Å². The molecule has 0 bridgehead atoms. The summed E-state index contributed by atoms with van der Waals surface area (Å²) in [6.07, 6.45) is 5.33. The molecule has 3 aromatic heterocycles. The van der Waals surface area contributed by atoms with Gasteiger partial charge in [0.15, 0.2) is 5.76 Å². The molecular weight excluding hydrogens is 298 g/mol. The summed E-state index contributed by atoms with van der Waals surface area (Å²) in [6.45, 7) is 1.91. The molecule has 0 aliphatic carbocycles. The summed E-state index contributed by atoms with van der Waals surface area (Å²) in [7, 11) is 0. The van der Waals surface area contributed by atoms with Crippen LogP contribution in [0.25, 0.3) is 10.6 Å². The highest BCUT2D eigenvalue weighted by Crippen LogP contribution is 2.25. The van der Waals surface area contributed by atoms with Crippen molar-refractivity contribution in [1.29, 1.82) is 0 Å². The topological polar surface area (TPSA) is 62.4 Å². The van der Waals surface area contributed by atoms with Gasteiger partial charge in [-0.25, -0.2) is 4.98 Å². The fourth-order valence-electron chi connectivity index (χ4n) is 2.21. The van der Waals surface area contributed by atoms with Crippen LogP contribution in [0.2, 0.25) is 0 Å². The van der Waals surface area contributed by atoms with E-state index in [0.29, 0.717) is 25.5 Å². The molecule has 3 aromatic rings. The van der Waals surface area contributed by atoms with Gasteiger partial charge in [-0.1, -0.05) is 12.1 Å². The molecule has 6 heteroatoms. The van der Waals surface area contributed by atoms with Crippen LogP contribution >= 0.6 is 11.3 Å². The standard InChI is InChI=1S/C16H17N3O2S/c20-7-6-19(11-13-3-1-5-17-9-13)12-16-18-10-14(21-16)15-4-2-8-22-15/h1-5,8-10,20H,6-7,11-12H2. The summed E-state index contributed by atoms with van der Waals surface area (Å²) in [5.74, 6) is 1.44. The molecule has 0 saturated heterocycles. The summed E-state index contributed by atoms with van der Waals surface area (Å²) in [6, 6.07) is 7.93. The maximum Gasteiger partial charge on any atom is 0.209 e. The SMILES string of the molecule is OCCN(Cc1cccnc1)Cc1ncc(-c2cccs2)o1. The van der Waals surface area contributed by atoms with Crippen molar-refractivity contribution in [3.05, 3.63) is 59.7 Å². The average Bonchev–Trinajstić information content (AvgIpc) is 3.19. The van der Waals surface area contributed by atoms with Crippen molar-refractivity contribution < 1.29 is 9.52 Å². The molecule has 0 amide bonds. The van der Waals surface area contributed by atoms with Crippen LogP contribution in [0.3, 0.4) is 0 Å². The predicted molar refractivity (Wildman–Crippen MR) is 85.3 cm³/mol. The van der Waals surface area contributed by atoms with Gasteiger partial charge in [0.25, 0.3) is 0 Å². The lowest BCUT2D eigenvalue weighted by atomic mass is 10.2. The van der Waals surface area contributed by atoms with Crippen molar-refractivity contribution in [3.8, 4) is 10.6 Å². The number of aromatic nitrogens is 2.